The van der Waals surface area contributed by atoms with Gasteiger partial charge in [-0.05, 0) is 19.4 Å². The van der Waals surface area contributed by atoms with E-state index in [-0.39, 0.29) is 18.9 Å². The van der Waals surface area contributed by atoms with Gasteiger partial charge in [-0.25, -0.2) is 4.98 Å². The van der Waals surface area contributed by atoms with Gasteiger partial charge in [0.25, 0.3) is 5.91 Å². The molecule has 0 fully saturated rings. The third-order valence-corrected chi connectivity index (χ3v) is 3.88. The highest BCUT2D eigenvalue weighted by molar-refractivity contribution is 6.36. The number of carbonyl (C=O) groups excluding carboxylic acids is 1. The molecule has 0 saturated carbocycles. The quantitative estimate of drug-likeness (QED) is 0.860. The zero-order valence-corrected chi connectivity index (χ0v) is 14.4. The van der Waals surface area contributed by atoms with Crippen LogP contribution in [0.2, 0.25) is 10.0 Å². The Morgan fingerprint density at radius 3 is 2.65 bits per heavy atom. The van der Waals surface area contributed by atoms with Crippen LogP contribution in [0.5, 0.6) is 0 Å². The topological polar surface area (TPSA) is 74.9 Å². The van der Waals surface area contributed by atoms with Gasteiger partial charge in [0.05, 0.1) is 22.2 Å². The molecule has 0 aliphatic rings. The SMILES string of the molecule is CCCN(CCC(=O)O)C(=O)c1c(C)nc2c(Cl)cc(Cl)cn12. The molecular formula is C15H17Cl2N3O3. The van der Waals surface area contributed by atoms with Crippen LogP contribution in [0.25, 0.3) is 5.65 Å². The second-order valence-corrected chi connectivity index (χ2v) is 6.03. The summed E-state index contributed by atoms with van der Waals surface area (Å²) in [6, 6.07) is 1.56. The Kier molecular flexibility index (Phi) is 5.49. The van der Waals surface area contributed by atoms with E-state index in [0.717, 1.165) is 6.42 Å². The molecule has 0 aliphatic carbocycles. The van der Waals surface area contributed by atoms with Gasteiger partial charge < -0.3 is 10.0 Å². The van der Waals surface area contributed by atoms with E-state index in [1.54, 1.807) is 23.6 Å². The molecule has 0 radical (unpaired) electrons. The minimum absolute atomic E-state index is 0.108. The minimum atomic E-state index is -0.945. The molecule has 124 valence electrons. The molecule has 2 aromatic rings. The number of nitrogens with zero attached hydrogens (tertiary/aromatic N) is 3. The van der Waals surface area contributed by atoms with Gasteiger partial charge >= 0.3 is 5.97 Å². The van der Waals surface area contributed by atoms with Crippen molar-refractivity contribution in [1.29, 1.82) is 0 Å². The molecular weight excluding hydrogens is 341 g/mol. The number of aryl methyl sites for hydroxylation is 1. The number of rotatable bonds is 6. The number of fused-ring (bicyclic) bond motifs is 1. The van der Waals surface area contributed by atoms with Gasteiger partial charge in [-0.2, -0.15) is 0 Å². The van der Waals surface area contributed by atoms with Crippen molar-refractivity contribution in [2.75, 3.05) is 13.1 Å². The van der Waals surface area contributed by atoms with Gasteiger partial charge in [0.1, 0.15) is 5.69 Å². The average Bonchev–Trinajstić information content (AvgIpc) is 2.79. The largest absolute Gasteiger partial charge is 0.481 e. The summed E-state index contributed by atoms with van der Waals surface area (Å²) in [6.07, 6.45) is 2.20. The molecule has 1 amide bonds. The molecule has 0 aromatic carbocycles. The summed E-state index contributed by atoms with van der Waals surface area (Å²) >= 11 is 12.1. The van der Waals surface area contributed by atoms with Crippen LogP contribution in [0.4, 0.5) is 0 Å². The fraction of sp³-hybridized carbons (Fsp3) is 0.400. The Morgan fingerprint density at radius 1 is 1.35 bits per heavy atom. The van der Waals surface area contributed by atoms with E-state index in [1.807, 2.05) is 6.92 Å². The maximum Gasteiger partial charge on any atom is 0.305 e. The van der Waals surface area contributed by atoms with Crippen LogP contribution in [-0.4, -0.2) is 44.4 Å². The number of aromatic nitrogens is 2. The van der Waals surface area contributed by atoms with Crippen molar-refractivity contribution in [1.82, 2.24) is 14.3 Å². The Balaban J connectivity index is 2.46. The molecule has 0 aliphatic heterocycles. The fourth-order valence-corrected chi connectivity index (χ4v) is 2.92. The van der Waals surface area contributed by atoms with E-state index in [4.69, 9.17) is 28.3 Å². The van der Waals surface area contributed by atoms with Crippen LogP contribution in [0, 0.1) is 6.92 Å². The van der Waals surface area contributed by atoms with E-state index in [9.17, 15) is 9.59 Å². The highest BCUT2D eigenvalue weighted by Gasteiger charge is 2.23. The number of carboxylic acid groups (broad SMARTS) is 1. The molecule has 8 heteroatoms. The third kappa shape index (κ3) is 3.76. The molecule has 0 atom stereocenters. The van der Waals surface area contributed by atoms with Crippen LogP contribution in [0.3, 0.4) is 0 Å². The smallest absolute Gasteiger partial charge is 0.305 e. The Bertz CT molecular complexity index is 758. The molecule has 23 heavy (non-hydrogen) atoms. The molecule has 0 bridgehead atoms. The lowest BCUT2D eigenvalue weighted by molar-refractivity contribution is -0.137. The summed E-state index contributed by atoms with van der Waals surface area (Å²) in [5, 5.41) is 9.60. The molecule has 0 spiro atoms. The summed E-state index contributed by atoms with van der Waals surface area (Å²) < 4.78 is 1.56. The van der Waals surface area contributed by atoms with Crippen molar-refractivity contribution in [3.8, 4) is 0 Å². The first kappa shape index (κ1) is 17.6. The normalized spacial score (nSPS) is 11.0. The number of aliphatic carboxylic acids is 1. The van der Waals surface area contributed by atoms with Crippen LogP contribution >= 0.6 is 23.2 Å². The number of carboxylic acids is 1. The van der Waals surface area contributed by atoms with Gasteiger partial charge in [-0.3, -0.25) is 14.0 Å². The van der Waals surface area contributed by atoms with E-state index in [0.29, 0.717) is 33.6 Å². The molecule has 6 nitrogen and oxygen atoms in total. The average molecular weight is 358 g/mol. The predicted octanol–water partition coefficient (Wildman–Crippen LogP) is 3.28. The van der Waals surface area contributed by atoms with Gasteiger partial charge in [0.15, 0.2) is 5.65 Å². The summed E-state index contributed by atoms with van der Waals surface area (Å²) in [5.74, 6) is -1.23. The lowest BCUT2D eigenvalue weighted by Gasteiger charge is -2.21. The number of hydrogen-bond acceptors (Lipinski definition) is 3. The molecule has 2 aromatic heterocycles. The minimum Gasteiger partial charge on any atom is -0.481 e. The maximum atomic E-state index is 12.9. The van der Waals surface area contributed by atoms with Crippen molar-refractivity contribution in [2.45, 2.75) is 26.7 Å². The lowest BCUT2D eigenvalue weighted by atomic mass is 10.2. The number of amides is 1. The standard InChI is InChI=1S/C15H17Cl2N3O3/c1-3-5-19(6-4-12(21)22)15(23)13-9(2)18-14-11(17)7-10(16)8-20(13)14/h7-8H,3-6H2,1-2H3,(H,21,22). The lowest BCUT2D eigenvalue weighted by Crippen LogP contribution is -2.34. The van der Waals surface area contributed by atoms with Crippen molar-refractivity contribution < 1.29 is 14.7 Å². The number of imidazole rings is 1. The summed E-state index contributed by atoms with van der Waals surface area (Å²) in [6.45, 7) is 4.25. The molecule has 2 rings (SSSR count). The van der Waals surface area contributed by atoms with E-state index in [2.05, 4.69) is 4.98 Å². The summed E-state index contributed by atoms with van der Waals surface area (Å²) in [4.78, 5) is 29.5. The Labute approximate surface area is 143 Å². The van der Waals surface area contributed by atoms with Crippen LogP contribution in [0.1, 0.15) is 35.9 Å². The van der Waals surface area contributed by atoms with Crippen molar-refractivity contribution >= 4 is 40.7 Å². The van der Waals surface area contributed by atoms with Gasteiger partial charge in [0, 0.05) is 19.3 Å². The van der Waals surface area contributed by atoms with E-state index >= 15 is 0 Å². The first-order chi connectivity index (χ1) is 10.8. The summed E-state index contributed by atoms with van der Waals surface area (Å²) in [5.41, 5.74) is 1.32. The van der Waals surface area contributed by atoms with Gasteiger partial charge in [-0.15, -0.1) is 0 Å². The monoisotopic (exact) mass is 357 g/mol. The second-order valence-electron chi connectivity index (χ2n) is 5.18. The third-order valence-electron chi connectivity index (χ3n) is 3.39. The highest BCUT2D eigenvalue weighted by Crippen LogP contribution is 2.25. The first-order valence-electron chi connectivity index (χ1n) is 7.20. The zero-order valence-electron chi connectivity index (χ0n) is 12.8. The molecule has 1 N–H and O–H groups in total. The zero-order chi connectivity index (χ0) is 17.1. The number of hydrogen-bond donors (Lipinski definition) is 1. The van der Waals surface area contributed by atoms with Crippen LogP contribution in [-0.2, 0) is 4.79 Å². The fourth-order valence-electron chi connectivity index (χ4n) is 2.41. The van der Waals surface area contributed by atoms with Crippen LogP contribution in [0.15, 0.2) is 12.3 Å². The van der Waals surface area contributed by atoms with Crippen LogP contribution < -0.4 is 0 Å². The van der Waals surface area contributed by atoms with Crippen molar-refractivity contribution in [3.63, 3.8) is 0 Å². The Hall–Kier alpha value is -1.79. The maximum absolute atomic E-state index is 12.9. The second kappa shape index (κ2) is 7.19. The number of carbonyl (C=O) groups is 2. The first-order valence-corrected chi connectivity index (χ1v) is 7.95. The molecule has 0 unspecified atom stereocenters. The predicted molar refractivity (Wildman–Crippen MR) is 88.4 cm³/mol. The van der Waals surface area contributed by atoms with Gasteiger partial charge in [0.2, 0.25) is 0 Å². The number of pyridine rings is 1. The van der Waals surface area contributed by atoms with Crippen molar-refractivity contribution in [2.24, 2.45) is 0 Å². The summed E-state index contributed by atoms with van der Waals surface area (Å²) in [7, 11) is 0. The number of halogens is 2. The molecule has 2 heterocycles. The molecule has 0 saturated heterocycles. The van der Waals surface area contributed by atoms with E-state index in [1.165, 1.54) is 4.90 Å². The van der Waals surface area contributed by atoms with Gasteiger partial charge in [-0.1, -0.05) is 30.1 Å². The Morgan fingerprint density at radius 2 is 2.04 bits per heavy atom. The van der Waals surface area contributed by atoms with Crippen molar-refractivity contribution in [3.05, 3.63) is 33.7 Å². The highest BCUT2D eigenvalue weighted by atomic mass is 35.5. The van der Waals surface area contributed by atoms with E-state index < -0.39 is 5.97 Å².